The van der Waals surface area contributed by atoms with Crippen molar-refractivity contribution in [1.29, 1.82) is 0 Å². The van der Waals surface area contributed by atoms with Crippen LogP contribution in [-0.2, 0) is 4.74 Å². The van der Waals surface area contributed by atoms with E-state index in [0.29, 0.717) is 25.1 Å². The first-order chi connectivity index (χ1) is 8.98. The minimum Gasteiger partial charge on any atom is -0.405 e. The van der Waals surface area contributed by atoms with E-state index in [1.807, 2.05) is 6.92 Å². The Kier molecular flexibility index (Phi) is 6.11. The molecule has 6 heteroatoms. The van der Waals surface area contributed by atoms with Crippen molar-refractivity contribution in [2.75, 3.05) is 20.3 Å². The van der Waals surface area contributed by atoms with E-state index in [1.165, 1.54) is 12.1 Å². The lowest BCUT2D eigenvalue weighted by Gasteiger charge is -2.21. The Morgan fingerprint density at radius 2 is 1.95 bits per heavy atom. The van der Waals surface area contributed by atoms with Crippen molar-refractivity contribution in [2.45, 2.75) is 25.7 Å². The minimum absolute atomic E-state index is 0.169. The molecule has 0 saturated heterocycles. The summed E-state index contributed by atoms with van der Waals surface area (Å²) in [6.45, 7) is 3.00. The Morgan fingerprint density at radius 1 is 1.26 bits per heavy atom. The van der Waals surface area contributed by atoms with Crippen LogP contribution < -0.4 is 10.1 Å². The molecule has 1 unspecified atom stereocenters. The summed E-state index contributed by atoms with van der Waals surface area (Å²) in [6, 6.07) is 5.92. The van der Waals surface area contributed by atoms with Gasteiger partial charge in [0.2, 0.25) is 0 Å². The van der Waals surface area contributed by atoms with Gasteiger partial charge in [-0.1, -0.05) is 25.1 Å². The zero-order chi connectivity index (χ0) is 14.3. The number of alkyl halides is 3. The van der Waals surface area contributed by atoms with Crippen molar-refractivity contribution in [1.82, 2.24) is 5.32 Å². The van der Waals surface area contributed by atoms with Gasteiger partial charge < -0.3 is 14.8 Å². The smallest absolute Gasteiger partial charge is 0.405 e. The number of nitrogens with one attached hydrogen (secondary N) is 1. The third-order valence-corrected chi connectivity index (χ3v) is 2.58. The number of para-hydroxylation sites is 1. The third kappa shape index (κ3) is 5.48. The first kappa shape index (κ1) is 15.8. The molecule has 1 atom stereocenters. The number of hydrogen-bond acceptors (Lipinski definition) is 3. The number of ether oxygens (including phenoxy) is 2. The lowest BCUT2D eigenvalue weighted by atomic mass is 10.0. The molecule has 19 heavy (non-hydrogen) atoms. The number of hydrogen-bond donors (Lipinski definition) is 1. The van der Waals surface area contributed by atoms with E-state index in [1.54, 1.807) is 19.2 Å². The number of methoxy groups -OCH3 is 1. The molecule has 0 spiro atoms. The zero-order valence-electron chi connectivity index (χ0n) is 11.0. The van der Waals surface area contributed by atoms with Crippen LogP contribution in [0.5, 0.6) is 5.75 Å². The second-order valence-electron chi connectivity index (χ2n) is 3.98. The van der Waals surface area contributed by atoms with Crippen LogP contribution in [0.4, 0.5) is 13.2 Å². The summed E-state index contributed by atoms with van der Waals surface area (Å²) in [5.74, 6) is -0.169. The van der Waals surface area contributed by atoms with Gasteiger partial charge in [-0.25, -0.2) is 0 Å². The Labute approximate surface area is 110 Å². The summed E-state index contributed by atoms with van der Waals surface area (Å²) < 4.78 is 46.1. The van der Waals surface area contributed by atoms with Crippen molar-refractivity contribution in [3.05, 3.63) is 29.8 Å². The van der Waals surface area contributed by atoms with E-state index in [2.05, 4.69) is 10.1 Å². The molecule has 0 fully saturated rings. The molecule has 0 radical (unpaired) electrons. The van der Waals surface area contributed by atoms with Gasteiger partial charge in [-0.15, -0.1) is 13.2 Å². The standard InChI is InChI=1S/C13H18F3NO2/c1-3-17-11(8-9-18-2)10-6-4-5-7-12(10)19-13(14,15)16/h4-7,11,17H,3,8-9H2,1-2H3. The highest BCUT2D eigenvalue weighted by Crippen LogP contribution is 2.31. The molecule has 0 heterocycles. The van der Waals surface area contributed by atoms with E-state index in [9.17, 15) is 13.2 Å². The normalized spacial score (nSPS) is 13.3. The van der Waals surface area contributed by atoms with E-state index < -0.39 is 6.36 Å². The molecule has 0 bridgehead atoms. The predicted octanol–water partition coefficient (Wildman–Crippen LogP) is 3.27. The second-order valence-corrected chi connectivity index (χ2v) is 3.98. The molecule has 1 N–H and O–H groups in total. The van der Waals surface area contributed by atoms with Crippen molar-refractivity contribution in [2.24, 2.45) is 0 Å². The van der Waals surface area contributed by atoms with Crippen LogP contribution >= 0.6 is 0 Å². The molecule has 0 amide bonds. The summed E-state index contributed by atoms with van der Waals surface area (Å²) in [4.78, 5) is 0. The summed E-state index contributed by atoms with van der Waals surface area (Å²) in [5, 5.41) is 3.13. The molecule has 0 aliphatic carbocycles. The highest BCUT2D eigenvalue weighted by molar-refractivity contribution is 5.36. The van der Waals surface area contributed by atoms with Crippen LogP contribution in [0.15, 0.2) is 24.3 Å². The van der Waals surface area contributed by atoms with Gasteiger partial charge in [0, 0.05) is 25.3 Å². The average molecular weight is 277 g/mol. The quantitative estimate of drug-likeness (QED) is 0.829. The maximum Gasteiger partial charge on any atom is 0.573 e. The van der Waals surface area contributed by atoms with Gasteiger partial charge in [-0.3, -0.25) is 0 Å². The monoisotopic (exact) mass is 277 g/mol. The molecule has 108 valence electrons. The van der Waals surface area contributed by atoms with Crippen LogP contribution in [-0.4, -0.2) is 26.6 Å². The van der Waals surface area contributed by atoms with Crippen molar-refractivity contribution < 1.29 is 22.6 Å². The first-order valence-corrected chi connectivity index (χ1v) is 6.05. The predicted molar refractivity (Wildman–Crippen MR) is 66.0 cm³/mol. The van der Waals surface area contributed by atoms with Gasteiger partial charge >= 0.3 is 6.36 Å². The largest absolute Gasteiger partial charge is 0.573 e. The van der Waals surface area contributed by atoms with E-state index in [0.717, 1.165) is 0 Å². The van der Waals surface area contributed by atoms with E-state index in [-0.39, 0.29) is 11.8 Å². The fourth-order valence-corrected chi connectivity index (χ4v) is 1.84. The molecule has 1 aromatic rings. The van der Waals surface area contributed by atoms with Gasteiger partial charge in [0.15, 0.2) is 0 Å². The van der Waals surface area contributed by atoms with Gasteiger partial charge in [-0.2, -0.15) is 0 Å². The third-order valence-electron chi connectivity index (χ3n) is 2.58. The molecule has 0 aliphatic heterocycles. The number of rotatable bonds is 7. The Balaban J connectivity index is 2.94. The van der Waals surface area contributed by atoms with Crippen molar-refractivity contribution >= 4 is 0 Å². The lowest BCUT2D eigenvalue weighted by molar-refractivity contribution is -0.275. The minimum atomic E-state index is -4.69. The molecule has 0 aromatic heterocycles. The van der Waals surface area contributed by atoms with Gasteiger partial charge in [0.25, 0.3) is 0 Å². The van der Waals surface area contributed by atoms with Gasteiger partial charge in [0.1, 0.15) is 5.75 Å². The highest BCUT2D eigenvalue weighted by atomic mass is 19.4. The Morgan fingerprint density at radius 3 is 2.53 bits per heavy atom. The van der Waals surface area contributed by atoms with Crippen molar-refractivity contribution in [3.8, 4) is 5.75 Å². The Hall–Kier alpha value is -1.27. The molecule has 0 aliphatic rings. The maximum atomic E-state index is 12.4. The number of benzene rings is 1. The van der Waals surface area contributed by atoms with Gasteiger partial charge in [0.05, 0.1) is 0 Å². The van der Waals surface area contributed by atoms with Gasteiger partial charge in [-0.05, 0) is 19.0 Å². The maximum absolute atomic E-state index is 12.4. The molecule has 1 rings (SSSR count). The van der Waals surface area contributed by atoms with Crippen molar-refractivity contribution in [3.63, 3.8) is 0 Å². The van der Waals surface area contributed by atoms with Crippen LogP contribution in [0.2, 0.25) is 0 Å². The van der Waals surface area contributed by atoms with E-state index in [4.69, 9.17) is 4.74 Å². The first-order valence-electron chi connectivity index (χ1n) is 6.05. The number of halogens is 3. The highest BCUT2D eigenvalue weighted by Gasteiger charge is 2.32. The van der Waals surface area contributed by atoms with Crippen LogP contribution in [0, 0.1) is 0 Å². The summed E-state index contributed by atoms with van der Waals surface area (Å²) in [5.41, 5.74) is 0.485. The molecular weight excluding hydrogens is 259 g/mol. The van der Waals surface area contributed by atoms with E-state index >= 15 is 0 Å². The van der Waals surface area contributed by atoms with Crippen LogP contribution in [0.25, 0.3) is 0 Å². The molecule has 3 nitrogen and oxygen atoms in total. The summed E-state index contributed by atoms with van der Waals surface area (Å²) in [7, 11) is 1.56. The second kappa shape index (κ2) is 7.35. The Bertz CT molecular complexity index is 382. The molecule has 0 saturated carbocycles. The lowest BCUT2D eigenvalue weighted by Crippen LogP contribution is -2.25. The molecule has 1 aromatic carbocycles. The topological polar surface area (TPSA) is 30.5 Å². The average Bonchev–Trinajstić information content (AvgIpc) is 2.33. The fourth-order valence-electron chi connectivity index (χ4n) is 1.84. The summed E-state index contributed by atoms with van der Waals surface area (Å²) >= 11 is 0. The zero-order valence-corrected chi connectivity index (χ0v) is 11.0. The SMILES string of the molecule is CCNC(CCOC)c1ccccc1OC(F)(F)F. The van der Waals surface area contributed by atoms with Crippen LogP contribution in [0.3, 0.4) is 0 Å². The fraction of sp³-hybridized carbons (Fsp3) is 0.538. The van der Waals surface area contributed by atoms with Crippen LogP contribution in [0.1, 0.15) is 24.9 Å². The molecular formula is C13H18F3NO2. The summed E-state index contributed by atoms with van der Waals surface area (Å²) in [6.07, 6.45) is -4.11.